The average Bonchev–Trinajstić information content (AvgIpc) is 2.85. The number of aromatic nitrogens is 2. The number of carbonyl (C=O) groups is 2. The summed E-state index contributed by atoms with van der Waals surface area (Å²) in [6.45, 7) is 2.93. The fourth-order valence-corrected chi connectivity index (χ4v) is 3.99. The van der Waals surface area contributed by atoms with Gasteiger partial charge < -0.3 is 14.5 Å². The Labute approximate surface area is 209 Å². The van der Waals surface area contributed by atoms with Crippen LogP contribution < -0.4 is 15.0 Å². The van der Waals surface area contributed by atoms with Crippen LogP contribution in [0, 0.1) is 6.92 Å². The summed E-state index contributed by atoms with van der Waals surface area (Å²) in [5.41, 5.74) is -0.0133. The third kappa shape index (κ3) is 5.85. The smallest absolute Gasteiger partial charge is 0.389 e. The normalized spacial score (nSPS) is 13.9. The van der Waals surface area contributed by atoms with E-state index in [0.717, 1.165) is 11.6 Å². The standard InChI is InChI=1S/C24H21ClF3N5O3/c1-15-14-16(25)6-7-19(15)29-23(35)36-21-9-8-20(30-31-21)32-10-12-33(13-11-32)22(34)17-4-2-3-5-18(17)24(26,27)28/h2-9,14H,10-13H2,1H3,(H,29,35). The van der Waals surface area contributed by atoms with E-state index in [1.165, 1.54) is 29.2 Å². The van der Waals surface area contributed by atoms with Crippen molar-refractivity contribution < 1.29 is 27.5 Å². The summed E-state index contributed by atoms with van der Waals surface area (Å²) in [5.74, 6) is -0.195. The van der Waals surface area contributed by atoms with Gasteiger partial charge in [-0.3, -0.25) is 10.1 Å². The van der Waals surface area contributed by atoms with Crippen molar-refractivity contribution in [3.8, 4) is 5.88 Å². The highest BCUT2D eigenvalue weighted by molar-refractivity contribution is 6.30. The Hall–Kier alpha value is -3.86. The van der Waals surface area contributed by atoms with Gasteiger partial charge in [0.2, 0.25) is 5.88 Å². The summed E-state index contributed by atoms with van der Waals surface area (Å²) in [7, 11) is 0. The average molecular weight is 520 g/mol. The minimum Gasteiger partial charge on any atom is -0.389 e. The predicted octanol–water partition coefficient (Wildman–Crippen LogP) is 5.03. The van der Waals surface area contributed by atoms with Gasteiger partial charge in [-0.1, -0.05) is 23.7 Å². The molecule has 12 heteroatoms. The quantitative estimate of drug-likeness (QED) is 0.520. The van der Waals surface area contributed by atoms with Crippen LogP contribution in [0.5, 0.6) is 5.88 Å². The van der Waals surface area contributed by atoms with E-state index in [2.05, 4.69) is 15.5 Å². The molecule has 2 amide bonds. The number of anilines is 2. The molecule has 1 N–H and O–H groups in total. The number of nitrogens with zero attached hydrogens (tertiary/aromatic N) is 4. The second-order valence-electron chi connectivity index (χ2n) is 8.03. The first-order valence-corrected chi connectivity index (χ1v) is 11.3. The zero-order valence-electron chi connectivity index (χ0n) is 19.1. The molecule has 2 heterocycles. The van der Waals surface area contributed by atoms with Crippen LogP contribution in [0.4, 0.5) is 29.5 Å². The Balaban J connectivity index is 1.33. The van der Waals surface area contributed by atoms with Gasteiger partial charge >= 0.3 is 12.3 Å². The number of aryl methyl sites for hydroxylation is 1. The Kier molecular flexibility index (Phi) is 7.30. The van der Waals surface area contributed by atoms with Crippen molar-refractivity contribution in [1.29, 1.82) is 0 Å². The van der Waals surface area contributed by atoms with E-state index >= 15 is 0 Å². The van der Waals surface area contributed by atoms with Crippen molar-refractivity contribution in [2.45, 2.75) is 13.1 Å². The number of hydrogen-bond acceptors (Lipinski definition) is 6. The van der Waals surface area contributed by atoms with E-state index in [-0.39, 0.29) is 24.5 Å². The predicted molar refractivity (Wildman–Crippen MR) is 127 cm³/mol. The third-order valence-electron chi connectivity index (χ3n) is 5.60. The third-order valence-corrected chi connectivity index (χ3v) is 5.84. The molecule has 188 valence electrons. The van der Waals surface area contributed by atoms with E-state index in [9.17, 15) is 22.8 Å². The molecule has 1 aliphatic heterocycles. The van der Waals surface area contributed by atoms with Gasteiger partial charge in [-0.2, -0.15) is 13.2 Å². The Morgan fingerprint density at radius 3 is 2.36 bits per heavy atom. The van der Waals surface area contributed by atoms with Gasteiger partial charge in [-0.25, -0.2) is 4.79 Å². The van der Waals surface area contributed by atoms with Gasteiger partial charge in [0.1, 0.15) is 0 Å². The highest BCUT2D eigenvalue weighted by atomic mass is 35.5. The molecule has 36 heavy (non-hydrogen) atoms. The first-order chi connectivity index (χ1) is 17.1. The highest BCUT2D eigenvalue weighted by Gasteiger charge is 2.36. The lowest BCUT2D eigenvalue weighted by molar-refractivity contribution is -0.138. The molecule has 0 aliphatic carbocycles. The van der Waals surface area contributed by atoms with Crippen molar-refractivity contribution in [3.63, 3.8) is 0 Å². The molecule has 1 aromatic heterocycles. The van der Waals surface area contributed by atoms with Gasteiger partial charge in [0, 0.05) is 43.0 Å². The highest BCUT2D eigenvalue weighted by Crippen LogP contribution is 2.32. The van der Waals surface area contributed by atoms with E-state index in [4.69, 9.17) is 16.3 Å². The molecule has 0 radical (unpaired) electrons. The molecule has 0 unspecified atom stereocenters. The van der Waals surface area contributed by atoms with Crippen molar-refractivity contribution >= 4 is 35.1 Å². The van der Waals surface area contributed by atoms with Crippen molar-refractivity contribution in [2.75, 3.05) is 36.4 Å². The van der Waals surface area contributed by atoms with E-state index in [1.54, 1.807) is 31.2 Å². The molecule has 0 bridgehead atoms. The minimum atomic E-state index is -4.61. The van der Waals surface area contributed by atoms with Gasteiger partial charge in [-0.05, 0) is 48.9 Å². The van der Waals surface area contributed by atoms with Crippen molar-refractivity contribution in [1.82, 2.24) is 15.1 Å². The molecule has 8 nitrogen and oxygen atoms in total. The molecule has 0 atom stereocenters. The molecule has 2 aromatic carbocycles. The van der Waals surface area contributed by atoms with E-state index < -0.39 is 23.7 Å². The molecule has 1 saturated heterocycles. The maximum atomic E-state index is 13.3. The topological polar surface area (TPSA) is 87.7 Å². The maximum Gasteiger partial charge on any atom is 0.418 e. The number of ether oxygens (including phenoxy) is 1. The van der Waals surface area contributed by atoms with Gasteiger partial charge in [0.05, 0.1) is 11.1 Å². The van der Waals surface area contributed by atoms with Gasteiger partial charge in [0.25, 0.3) is 5.91 Å². The second-order valence-corrected chi connectivity index (χ2v) is 8.46. The van der Waals surface area contributed by atoms with Crippen LogP contribution in [-0.4, -0.2) is 53.3 Å². The molecule has 1 fully saturated rings. The van der Waals surface area contributed by atoms with E-state index in [1.807, 2.05) is 4.90 Å². The number of amides is 2. The number of nitrogens with one attached hydrogen (secondary N) is 1. The first kappa shape index (κ1) is 25.2. The molecular formula is C24H21ClF3N5O3. The Bertz CT molecular complexity index is 1260. The summed E-state index contributed by atoms with van der Waals surface area (Å²) in [6.07, 6.45) is -5.35. The summed E-state index contributed by atoms with van der Waals surface area (Å²) < 4.78 is 45.0. The molecule has 0 spiro atoms. The first-order valence-electron chi connectivity index (χ1n) is 10.9. The van der Waals surface area contributed by atoms with Crippen LogP contribution in [0.1, 0.15) is 21.5 Å². The van der Waals surface area contributed by atoms with Crippen LogP contribution in [0.2, 0.25) is 5.02 Å². The van der Waals surface area contributed by atoms with Gasteiger partial charge in [0.15, 0.2) is 5.82 Å². The number of rotatable bonds is 4. The zero-order chi connectivity index (χ0) is 25.9. The zero-order valence-corrected chi connectivity index (χ0v) is 19.8. The Morgan fingerprint density at radius 1 is 1.00 bits per heavy atom. The van der Waals surface area contributed by atoms with Crippen LogP contribution in [0.15, 0.2) is 54.6 Å². The van der Waals surface area contributed by atoms with Crippen LogP contribution in [-0.2, 0) is 6.18 Å². The monoisotopic (exact) mass is 519 g/mol. The van der Waals surface area contributed by atoms with Crippen molar-refractivity contribution in [2.24, 2.45) is 0 Å². The molecule has 4 rings (SSSR count). The number of carbonyl (C=O) groups excluding carboxylic acids is 2. The van der Waals surface area contributed by atoms with Crippen LogP contribution in [0.25, 0.3) is 0 Å². The number of alkyl halides is 3. The number of benzene rings is 2. The molecular weight excluding hydrogens is 499 g/mol. The summed E-state index contributed by atoms with van der Waals surface area (Å²) in [5, 5.41) is 11.1. The molecule has 3 aromatic rings. The number of halogens is 4. The Morgan fingerprint density at radius 2 is 1.72 bits per heavy atom. The van der Waals surface area contributed by atoms with Crippen LogP contribution in [0.3, 0.4) is 0 Å². The van der Waals surface area contributed by atoms with E-state index in [0.29, 0.717) is 29.6 Å². The largest absolute Gasteiger partial charge is 0.418 e. The fraction of sp³-hybridized carbons (Fsp3) is 0.250. The summed E-state index contributed by atoms with van der Waals surface area (Å²) >= 11 is 5.91. The van der Waals surface area contributed by atoms with Crippen molar-refractivity contribution in [3.05, 3.63) is 76.3 Å². The van der Waals surface area contributed by atoms with Gasteiger partial charge in [-0.15, -0.1) is 10.2 Å². The summed E-state index contributed by atoms with van der Waals surface area (Å²) in [4.78, 5) is 28.1. The van der Waals surface area contributed by atoms with Crippen LogP contribution >= 0.6 is 11.6 Å². The molecule has 0 saturated carbocycles. The summed E-state index contributed by atoms with van der Waals surface area (Å²) in [6, 6.07) is 12.8. The lowest BCUT2D eigenvalue weighted by Crippen LogP contribution is -2.49. The fourth-order valence-electron chi connectivity index (χ4n) is 3.76. The maximum absolute atomic E-state index is 13.3. The molecule has 1 aliphatic rings. The minimum absolute atomic E-state index is 0.0135. The number of piperazine rings is 1. The lowest BCUT2D eigenvalue weighted by Gasteiger charge is -2.35. The second kappa shape index (κ2) is 10.4. The number of hydrogen-bond donors (Lipinski definition) is 1. The SMILES string of the molecule is Cc1cc(Cl)ccc1NC(=O)Oc1ccc(N2CCN(C(=O)c3ccccc3C(F)(F)F)CC2)nn1. The lowest BCUT2D eigenvalue weighted by atomic mass is 10.1.